The van der Waals surface area contributed by atoms with Crippen LogP contribution >= 0.6 is 0 Å². The van der Waals surface area contributed by atoms with Gasteiger partial charge in [-0.15, -0.1) is 0 Å². The van der Waals surface area contributed by atoms with Crippen molar-refractivity contribution in [1.29, 1.82) is 0 Å². The van der Waals surface area contributed by atoms with Crippen LogP contribution in [-0.2, 0) is 4.79 Å². The second-order valence-electron chi connectivity index (χ2n) is 2.65. The van der Waals surface area contributed by atoms with E-state index < -0.39 is 0 Å². The van der Waals surface area contributed by atoms with Gasteiger partial charge in [-0.1, -0.05) is 0 Å². The van der Waals surface area contributed by atoms with Crippen LogP contribution in [0.25, 0.3) is 0 Å². The fraction of sp³-hybridized carbons (Fsp3) is 0.875. The number of carbonyl (C=O) groups excluding carboxylic acids is 1. The fourth-order valence-corrected chi connectivity index (χ4v) is 0.788. The van der Waals surface area contributed by atoms with Crippen molar-refractivity contribution in [2.24, 2.45) is 5.73 Å². The number of hydrogen-bond donors (Lipinski definition) is 1. The maximum Gasteiger partial charge on any atom is 0.222 e. The molecule has 0 aliphatic carbocycles. The Bertz CT molecular complexity index is 115. The van der Waals surface area contributed by atoms with Gasteiger partial charge in [0.25, 0.3) is 0 Å². The number of unbranched alkanes of at least 4 members (excludes halogenated alkanes) is 1. The Morgan fingerprint density at radius 2 is 2.09 bits per heavy atom. The Hall–Kier alpha value is -0.570. The Labute approximate surface area is 68.6 Å². The molecule has 0 aliphatic heterocycles. The summed E-state index contributed by atoms with van der Waals surface area (Å²) >= 11 is 0. The highest BCUT2D eigenvalue weighted by Crippen LogP contribution is 1.97. The summed E-state index contributed by atoms with van der Waals surface area (Å²) in [6.07, 6.45) is 2.50. The van der Waals surface area contributed by atoms with E-state index in [2.05, 4.69) is 0 Å². The first-order chi connectivity index (χ1) is 5.22. The van der Waals surface area contributed by atoms with Crippen LogP contribution in [0.5, 0.6) is 0 Å². The summed E-state index contributed by atoms with van der Waals surface area (Å²) < 4.78 is 0. The van der Waals surface area contributed by atoms with Crippen molar-refractivity contribution in [3.8, 4) is 0 Å². The van der Waals surface area contributed by atoms with Crippen molar-refractivity contribution in [2.45, 2.75) is 26.2 Å². The lowest BCUT2D eigenvalue weighted by atomic mass is 10.2. The lowest BCUT2D eigenvalue weighted by Crippen LogP contribution is -2.25. The van der Waals surface area contributed by atoms with Gasteiger partial charge in [-0.3, -0.25) is 4.79 Å². The SMILES string of the molecule is CCN(C)C(=O)CCCCN. The van der Waals surface area contributed by atoms with Crippen molar-refractivity contribution in [3.05, 3.63) is 0 Å². The molecular weight excluding hydrogens is 140 g/mol. The summed E-state index contributed by atoms with van der Waals surface area (Å²) in [5.41, 5.74) is 5.30. The van der Waals surface area contributed by atoms with Gasteiger partial charge in [-0.05, 0) is 26.3 Å². The number of hydrogen-bond acceptors (Lipinski definition) is 2. The Balaban J connectivity index is 3.36. The fourth-order valence-electron chi connectivity index (χ4n) is 0.788. The van der Waals surface area contributed by atoms with Crippen LogP contribution in [0.1, 0.15) is 26.2 Å². The number of rotatable bonds is 5. The van der Waals surface area contributed by atoms with Crippen LogP contribution in [0.4, 0.5) is 0 Å². The molecule has 66 valence electrons. The number of amides is 1. The zero-order chi connectivity index (χ0) is 8.69. The molecule has 0 saturated heterocycles. The summed E-state index contributed by atoms with van der Waals surface area (Å²) in [7, 11) is 1.82. The van der Waals surface area contributed by atoms with E-state index in [1.54, 1.807) is 4.90 Å². The van der Waals surface area contributed by atoms with Crippen LogP contribution in [0.3, 0.4) is 0 Å². The molecule has 0 heterocycles. The quantitative estimate of drug-likeness (QED) is 0.595. The molecule has 3 nitrogen and oxygen atoms in total. The summed E-state index contributed by atoms with van der Waals surface area (Å²) in [6, 6.07) is 0. The molecule has 0 radical (unpaired) electrons. The molecular formula is C8H18N2O. The van der Waals surface area contributed by atoms with E-state index in [0.717, 1.165) is 19.4 Å². The maximum atomic E-state index is 11.1. The maximum absolute atomic E-state index is 11.1. The molecule has 0 aromatic carbocycles. The summed E-state index contributed by atoms with van der Waals surface area (Å²) in [5.74, 6) is 0.223. The van der Waals surface area contributed by atoms with Crippen molar-refractivity contribution >= 4 is 5.91 Å². The average molecular weight is 158 g/mol. The molecule has 11 heavy (non-hydrogen) atoms. The molecule has 0 bridgehead atoms. The average Bonchev–Trinajstić information content (AvgIpc) is 2.03. The first kappa shape index (κ1) is 10.4. The van der Waals surface area contributed by atoms with E-state index in [4.69, 9.17) is 5.73 Å². The molecule has 0 aliphatic rings. The minimum absolute atomic E-state index is 0.223. The normalized spacial score (nSPS) is 9.73. The molecule has 0 fully saturated rings. The molecule has 0 atom stereocenters. The van der Waals surface area contributed by atoms with Crippen LogP contribution < -0.4 is 5.73 Å². The van der Waals surface area contributed by atoms with Gasteiger partial charge < -0.3 is 10.6 Å². The van der Waals surface area contributed by atoms with Crippen molar-refractivity contribution in [1.82, 2.24) is 4.90 Å². The van der Waals surface area contributed by atoms with Gasteiger partial charge in [0.15, 0.2) is 0 Å². The van der Waals surface area contributed by atoms with Gasteiger partial charge in [-0.25, -0.2) is 0 Å². The molecule has 0 unspecified atom stereocenters. The summed E-state index contributed by atoms with van der Waals surface area (Å²) in [4.78, 5) is 12.9. The van der Waals surface area contributed by atoms with Crippen LogP contribution in [0.15, 0.2) is 0 Å². The van der Waals surface area contributed by atoms with Gasteiger partial charge in [0.1, 0.15) is 0 Å². The van der Waals surface area contributed by atoms with Gasteiger partial charge in [-0.2, -0.15) is 0 Å². The van der Waals surface area contributed by atoms with Crippen LogP contribution in [0, 0.1) is 0 Å². The molecule has 3 heteroatoms. The molecule has 1 amide bonds. The highest BCUT2D eigenvalue weighted by molar-refractivity contribution is 5.75. The molecule has 0 rings (SSSR count). The molecule has 0 saturated carbocycles. The van der Waals surface area contributed by atoms with Gasteiger partial charge in [0.2, 0.25) is 5.91 Å². The minimum atomic E-state index is 0.223. The molecule has 2 N–H and O–H groups in total. The van der Waals surface area contributed by atoms with E-state index in [9.17, 15) is 4.79 Å². The topological polar surface area (TPSA) is 46.3 Å². The third kappa shape index (κ3) is 4.79. The van der Waals surface area contributed by atoms with Crippen LogP contribution in [0.2, 0.25) is 0 Å². The van der Waals surface area contributed by atoms with E-state index in [1.807, 2.05) is 14.0 Å². The monoisotopic (exact) mass is 158 g/mol. The van der Waals surface area contributed by atoms with E-state index in [0.29, 0.717) is 13.0 Å². The highest BCUT2D eigenvalue weighted by Gasteiger charge is 2.04. The second-order valence-corrected chi connectivity index (χ2v) is 2.65. The Morgan fingerprint density at radius 1 is 1.45 bits per heavy atom. The second kappa shape index (κ2) is 6.16. The van der Waals surface area contributed by atoms with E-state index in [-0.39, 0.29) is 5.91 Å². The predicted molar refractivity (Wildman–Crippen MR) is 46.2 cm³/mol. The largest absolute Gasteiger partial charge is 0.346 e. The van der Waals surface area contributed by atoms with Crippen molar-refractivity contribution < 1.29 is 4.79 Å². The van der Waals surface area contributed by atoms with Gasteiger partial charge >= 0.3 is 0 Å². The summed E-state index contributed by atoms with van der Waals surface area (Å²) in [6.45, 7) is 3.45. The first-order valence-corrected chi connectivity index (χ1v) is 4.16. The number of nitrogens with two attached hydrogens (primary N) is 1. The lowest BCUT2D eigenvalue weighted by Gasteiger charge is -2.13. The third-order valence-electron chi connectivity index (χ3n) is 1.74. The third-order valence-corrected chi connectivity index (χ3v) is 1.74. The van der Waals surface area contributed by atoms with Gasteiger partial charge in [0.05, 0.1) is 0 Å². The zero-order valence-corrected chi connectivity index (χ0v) is 7.47. The highest BCUT2D eigenvalue weighted by atomic mass is 16.2. The first-order valence-electron chi connectivity index (χ1n) is 4.16. The van der Waals surface area contributed by atoms with Crippen molar-refractivity contribution in [2.75, 3.05) is 20.1 Å². The standard InChI is InChI=1S/C8H18N2O/c1-3-10(2)8(11)6-4-5-7-9/h3-7,9H2,1-2H3. The Kier molecular flexibility index (Phi) is 5.84. The van der Waals surface area contributed by atoms with Crippen molar-refractivity contribution in [3.63, 3.8) is 0 Å². The molecule has 0 aromatic heterocycles. The van der Waals surface area contributed by atoms with E-state index in [1.165, 1.54) is 0 Å². The molecule has 0 spiro atoms. The van der Waals surface area contributed by atoms with Crippen LogP contribution in [-0.4, -0.2) is 30.9 Å². The lowest BCUT2D eigenvalue weighted by molar-refractivity contribution is -0.129. The molecule has 0 aromatic rings. The smallest absolute Gasteiger partial charge is 0.222 e. The predicted octanol–water partition coefficient (Wildman–Crippen LogP) is 0.594. The zero-order valence-electron chi connectivity index (χ0n) is 7.47. The number of carbonyl (C=O) groups is 1. The minimum Gasteiger partial charge on any atom is -0.346 e. The number of nitrogens with zero attached hydrogens (tertiary/aromatic N) is 1. The summed E-state index contributed by atoms with van der Waals surface area (Å²) in [5, 5.41) is 0. The van der Waals surface area contributed by atoms with E-state index >= 15 is 0 Å². The Morgan fingerprint density at radius 3 is 2.55 bits per heavy atom. The van der Waals surface area contributed by atoms with Gasteiger partial charge in [0, 0.05) is 20.0 Å².